The van der Waals surface area contributed by atoms with E-state index in [2.05, 4.69) is 4.99 Å². The van der Waals surface area contributed by atoms with Crippen LogP contribution in [0.2, 0.25) is 0 Å². The number of hydrogen-bond donors (Lipinski definition) is 2. The number of nitrogens with zero attached hydrogens (tertiary/aromatic N) is 3. The van der Waals surface area contributed by atoms with Gasteiger partial charge < -0.3 is 23.8 Å². The number of rotatable bonds is 11. The quantitative estimate of drug-likeness (QED) is 0.191. The van der Waals surface area contributed by atoms with Gasteiger partial charge in [0.05, 0.1) is 44.1 Å². The van der Waals surface area contributed by atoms with Gasteiger partial charge in [-0.2, -0.15) is 0 Å². The first-order chi connectivity index (χ1) is 19.4. The Balaban J connectivity index is 1.48. The average Bonchev–Trinajstić information content (AvgIpc) is 2.96. The first kappa shape index (κ1) is 27.0. The second-order valence-electron chi connectivity index (χ2n) is 9.68. The number of amidine groups is 1. The van der Waals surface area contributed by atoms with Crippen molar-refractivity contribution in [3.63, 3.8) is 0 Å². The van der Waals surface area contributed by atoms with Crippen LogP contribution in [-0.2, 0) is 17.9 Å². The Hall–Kier alpha value is -4.57. The Bertz CT molecular complexity index is 1440. The maximum Gasteiger partial charge on any atom is 0.243 e. The van der Waals surface area contributed by atoms with Gasteiger partial charge in [-0.1, -0.05) is 30.3 Å². The minimum absolute atomic E-state index is 0.0142. The zero-order valence-electron chi connectivity index (χ0n) is 22.7. The molecule has 2 aliphatic rings. The number of nitrogens with one attached hydrogen (secondary N) is 1. The molecule has 0 saturated heterocycles. The smallest absolute Gasteiger partial charge is 0.243 e. The third-order valence-electron chi connectivity index (χ3n) is 6.37. The molecule has 2 aliphatic heterocycles. The summed E-state index contributed by atoms with van der Waals surface area (Å²) in [5.74, 6) is 2.62. The summed E-state index contributed by atoms with van der Waals surface area (Å²) in [5, 5.41) is 8.77. The Labute approximate surface area is 232 Å². The molecule has 0 aliphatic carbocycles. The lowest BCUT2D eigenvalue weighted by molar-refractivity contribution is -0.129. The minimum Gasteiger partial charge on any atom is -0.493 e. The first-order valence-electron chi connectivity index (χ1n) is 13.1. The number of carbonyl (C=O) groups excluding carboxylic acids is 1. The van der Waals surface area contributed by atoms with Crippen LogP contribution in [0.5, 0.6) is 23.0 Å². The van der Waals surface area contributed by atoms with Crippen LogP contribution in [0, 0.1) is 0 Å². The number of carbonyl (C=O) groups is 1. The Morgan fingerprint density at radius 1 is 1.02 bits per heavy atom. The normalized spacial score (nSPS) is 13.1. The number of hydroxylamine groups is 1. The van der Waals surface area contributed by atoms with Crippen molar-refractivity contribution in [2.45, 2.75) is 45.9 Å². The Morgan fingerprint density at radius 3 is 2.55 bits per heavy atom. The van der Waals surface area contributed by atoms with E-state index >= 15 is 0 Å². The van der Waals surface area contributed by atoms with Crippen molar-refractivity contribution >= 4 is 29.5 Å². The summed E-state index contributed by atoms with van der Waals surface area (Å²) >= 11 is 0. The number of hydrogen-bond acceptors (Lipinski definition) is 9. The molecule has 0 saturated carbocycles. The zero-order valence-corrected chi connectivity index (χ0v) is 22.7. The van der Waals surface area contributed by atoms with E-state index < -0.39 is 5.91 Å². The molecule has 0 bridgehead atoms. The number of methoxy groups -OCH3 is 1. The summed E-state index contributed by atoms with van der Waals surface area (Å²) in [6.07, 6.45) is 2.30. The van der Waals surface area contributed by atoms with Crippen molar-refractivity contribution in [2.24, 2.45) is 9.98 Å². The standard InChI is InChI=1S/C30H32N4O6/c1-19(2)40-28-14-23-21(12-25(28)37-3)16-34-18-31-24-15-27(39-17-20-8-5-4-6-9-20)26(13-22(24)30(34)32-23)38-11-7-10-29(35)33-36/h4-6,8-9,12-15,18-19,36H,7,10-11,16-17H2,1-3H3,(H,33,35). The largest absolute Gasteiger partial charge is 0.493 e. The molecule has 40 heavy (non-hydrogen) atoms. The predicted octanol–water partition coefficient (Wildman–Crippen LogP) is 5.29. The maximum absolute atomic E-state index is 11.4. The van der Waals surface area contributed by atoms with Gasteiger partial charge >= 0.3 is 0 Å². The lowest BCUT2D eigenvalue weighted by atomic mass is 10.0. The predicted molar refractivity (Wildman–Crippen MR) is 151 cm³/mol. The molecule has 2 N–H and O–H groups in total. The van der Waals surface area contributed by atoms with E-state index in [0.717, 1.165) is 28.2 Å². The minimum atomic E-state index is -0.466. The van der Waals surface area contributed by atoms with Gasteiger partial charge in [0.25, 0.3) is 0 Å². The van der Waals surface area contributed by atoms with Crippen molar-refractivity contribution in [3.8, 4) is 23.0 Å². The first-order valence-corrected chi connectivity index (χ1v) is 13.1. The highest BCUT2D eigenvalue weighted by Crippen LogP contribution is 2.43. The molecule has 0 atom stereocenters. The number of aliphatic imine (C=N–C) groups is 2. The summed E-state index contributed by atoms with van der Waals surface area (Å²) in [7, 11) is 1.63. The fourth-order valence-electron chi connectivity index (χ4n) is 4.47. The molecule has 3 aromatic rings. The number of ether oxygens (including phenoxy) is 4. The second kappa shape index (κ2) is 12.1. The molecule has 2 heterocycles. The van der Waals surface area contributed by atoms with Crippen molar-refractivity contribution in [3.05, 3.63) is 71.3 Å². The van der Waals surface area contributed by atoms with Crippen LogP contribution in [0.4, 0.5) is 11.4 Å². The Morgan fingerprint density at radius 2 is 1.80 bits per heavy atom. The van der Waals surface area contributed by atoms with Crippen molar-refractivity contribution in [1.82, 2.24) is 10.4 Å². The van der Waals surface area contributed by atoms with E-state index in [1.54, 1.807) is 18.9 Å². The molecule has 0 radical (unpaired) electrons. The van der Waals surface area contributed by atoms with Crippen LogP contribution in [0.1, 0.15) is 43.4 Å². The summed E-state index contributed by atoms with van der Waals surface area (Å²) in [5.41, 5.74) is 5.96. The molecule has 208 valence electrons. The van der Waals surface area contributed by atoms with Gasteiger partial charge in [0.15, 0.2) is 23.0 Å². The monoisotopic (exact) mass is 544 g/mol. The highest BCUT2D eigenvalue weighted by molar-refractivity contribution is 6.12. The lowest BCUT2D eigenvalue weighted by Crippen LogP contribution is -2.34. The summed E-state index contributed by atoms with van der Waals surface area (Å²) in [6, 6.07) is 17.4. The van der Waals surface area contributed by atoms with E-state index in [1.165, 1.54) is 0 Å². The van der Waals surface area contributed by atoms with Gasteiger partial charge in [-0.05, 0) is 38.0 Å². The number of fused-ring (bicyclic) bond motifs is 4. The van der Waals surface area contributed by atoms with Crippen LogP contribution in [0.25, 0.3) is 0 Å². The number of benzene rings is 3. The van der Waals surface area contributed by atoms with Crippen molar-refractivity contribution in [2.75, 3.05) is 13.7 Å². The summed E-state index contributed by atoms with van der Waals surface area (Å²) < 4.78 is 23.8. The average molecular weight is 545 g/mol. The molecule has 5 rings (SSSR count). The molecule has 0 unspecified atom stereocenters. The van der Waals surface area contributed by atoms with Gasteiger partial charge in [-0.25, -0.2) is 15.5 Å². The van der Waals surface area contributed by atoms with E-state index in [1.807, 2.05) is 73.3 Å². The lowest BCUT2D eigenvalue weighted by Gasteiger charge is -2.31. The van der Waals surface area contributed by atoms with Crippen molar-refractivity contribution < 1.29 is 28.9 Å². The molecule has 10 heteroatoms. The molecule has 0 spiro atoms. The molecule has 10 nitrogen and oxygen atoms in total. The fraction of sp³-hybridized carbons (Fsp3) is 0.300. The molecule has 0 fully saturated rings. The topological polar surface area (TPSA) is 114 Å². The van der Waals surface area contributed by atoms with Gasteiger partial charge in [0.2, 0.25) is 5.91 Å². The molecule has 1 amide bonds. The maximum atomic E-state index is 11.4. The van der Waals surface area contributed by atoms with Crippen LogP contribution < -0.4 is 24.4 Å². The van der Waals surface area contributed by atoms with Gasteiger partial charge in [-0.3, -0.25) is 10.0 Å². The van der Waals surface area contributed by atoms with Crippen LogP contribution in [-0.4, -0.2) is 48.0 Å². The van der Waals surface area contributed by atoms with Crippen LogP contribution in [0.3, 0.4) is 0 Å². The van der Waals surface area contributed by atoms with Gasteiger partial charge in [0.1, 0.15) is 12.4 Å². The highest BCUT2D eigenvalue weighted by Gasteiger charge is 2.28. The van der Waals surface area contributed by atoms with E-state index in [9.17, 15) is 4.79 Å². The molecular weight excluding hydrogens is 512 g/mol. The van der Waals surface area contributed by atoms with Crippen LogP contribution in [0.15, 0.2) is 64.6 Å². The van der Waals surface area contributed by atoms with E-state index in [-0.39, 0.29) is 19.1 Å². The molecule has 3 aromatic carbocycles. The summed E-state index contributed by atoms with van der Waals surface area (Å²) in [6.45, 7) is 5.11. The summed E-state index contributed by atoms with van der Waals surface area (Å²) in [4.78, 5) is 23.1. The second-order valence-corrected chi connectivity index (χ2v) is 9.68. The van der Waals surface area contributed by atoms with E-state index in [0.29, 0.717) is 48.3 Å². The van der Waals surface area contributed by atoms with Crippen LogP contribution >= 0.6 is 0 Å². The number of amides is 1. The van der Waals surface area contributed by atoms with E-state index in [4.69, 9.17) is 29.1 Å². The fourth-order valence-corrected chi connectivity index (χ4v) is 4.47. The SMILES string of the molecule is COc1cc2c(cc1OC(C)C)N=C1c3cc(OCCCC(=O)NO)c(OCc4ccccc4)cc3N=CN1C2. The molecule has 0 aromatic heterocycles. The van der Waals surface area contributed by atoms with Gasteiger partial charge in [0, 0.05) is 29.7 Å². The Kier molecular flexibility index (Phi) is 8.16. The zero-order chi connectivity index (χ0) is 28.1. The van der Waals surface area contributed by atoms with Crippen molar-refractivity contribution in [1.29, 1.82) is 0 Å². The third kappa shape index (κ3) is 6.02. The van der Waals surface area contributed by atoms with Gasteiger partial charge in [-0.15, -0.1) is 0 Å². The molecular formula is C30H32N4O6. The highest BCUT2D eigenvalue weighted by atomic mass is 16.5. The third-order valence-corrected chi connectivity index (χ3v) is 6.37.